The van der Waals surface area contributed by atoms with Crippen LogP contribution in [0.3, 0.4) is 0 Å². The molecule has 3 aliphatic rings. The van der Waals surface area contributed by atoms with E-state index >= 15 is 0 Å². The lowest BCUT2D eigenvalue weighted by Gasteiger charge is -2.16. The van der Waals surface area contributed by atoms with Gasteiger partial charge in [-0.2, -0.15) is 28.1 Å². The predicted molar refractivity (Wildman–Crippen MR) is 454 cm³/mol. The molecular weight excluding hydrogens is 1580 g/mol. The highest BCUT2D eigenvalue weighted by Crippen LogP contribution is 2.37. The van der Waals surface area contributed by atoms with E-state index in [1.54, 1.807) is 140 Å². The Hall–Kier alpha value is -13.7. The normalized spacial score (nSPS) is 17.0. The van der Waals surface area contributed by atoms with Crippen molar-refractivity contribution in [3.8, 4) is 33.4 Å². The zero-order valence-corrected chi connectivity index (χ0v) is 65.6. The van der Waals surface area contributed by atoms with Crippen molar-refractivity contribution in [3.05, 3.63) is 254 Å². The number of nitrogens with one attached hydrogen (secondary N) is 15. The van der Waals surface area contributed by atoms with E-state index in [4.69, 9.17) is 14.3 Å². The third kappa shape index (κ3) is 22.0. The molecule has 3 aliphatic heterocycles. The summed E-state index contributed by atoms with van der Waals surface area (Å²) in [5, 5.41) is 35.0. The Balaban J connectivity index is 0.000000154. The number of anilines is 15. The maximum atomic E-state index is 13.8. The average molecular weight is 1660 g/mol. The third-order valence-electron chi connectivity index (χ3n) is 18.6. The van der Waals surface area contributed by atoms with E-state index in [9.17, 15) is 49.0 Å². The second-order valence-corrected chi connectivity index (χ2v) is 34.0. The van der Waals surface area contributed by atoms with Crippen molar-refractivity contribution in [2.45, 2.75) is 66.3 Å². The molecule has 0 spiro atoms. The first-order chi connectivity index (χ1) is 56.7. The summed E-state index contributed by atoms with van der Waals surface area (Å²) in [6.07, 6.45) is 4.60. The molecule has 12 bridgehead atoms. The standard InChI is InChI=1S/C29H28F3N7O2S.2C27H26FN7O2S/c1-18-14-22(38-28(40)37-20-7-4-6-19(15-20)29(30,31)32)10-11-24(18)25-17-35-27-36-21-8-5-9-23(16-21)42(33,41)13-3-2-12-34-26(25)39-27;28-19-5-3-6-21(15-19)34-27(36)33-20-11-9-18(10-12-20)24-17-31-26-32-22-7-4-8-23(16-22)38(29,37)14-2-1-13-30-25(24)35-26;28-23-8-1-2-9-24(23)34-27(36)33-19-12-10-18(11-13-19)22-17-31-26-32-20-6-5-7-21(16-20)38(29,37)15-4-3-14-30-25(22)35-26/h4-11,14-17,33H,2-3,12-13H2,1H3,(H2,37,38,40)(H2,34,35,36,39);3-12,15-17,29H,1-2,13-14H2,(H2,33,34,36)(H2,30,31,32,35);1-2,5-13,16-17,29H,3-4,14-15H2,(H2,33,34,36)(H2,30,31,32,35). The van der Waals surface area contributed by atoms with Gasteiger partial charge in [-0.25, -0.2) is 65.1 Å². The summed E-state index contributed by atoms with van der Waals surface area (Å²) in [5.41, 5.74) is 8.67. The van der Waals surface area contributed by atoms with E-state index in [1.165, 1.54) is 42.5 Å². The first-order valence-electron chi connectivity index (χ1n) is 37.2. The maximum absolute atomic E-state index is 13.8. The first-order valence-corrected chi connectivity index (χ1v) is 42.4. The summed E-state index contributed by atoms with van der Waals surface area (Å²) in [6, 6.07) is 54.9. The minimum absolute atomic E-state index is 0.0180. The summed E-state index contributed by atoms with van der Waals surface area (Å²) < 4.78 is 130. The van der Waals surface area contributed by atoms with Gasteiger partial charge in [0.1, 0.15) is 29.1 Å². The molecule has 9 aromatic carbocycles. The van der Waals surface area contributed by atoms with Gasteiger partial charge >= 0.3 is 24.3 Å². The van der Waals surface area contributed by atoms with Gasteiger partial charge in [-0.1, -0.05) is 72.8 Å². The van der Waals surface area contributed by atoms with E-state index in [1.807, 2.05) is 43.3 Å². The summed E-state index contributed by atoms with van der Waals surface area (Å²) >= 11 is 0. The van der Waals surface area contributed by atoms with Crippen LogP contribution >= 0.6 is 0 Å². The van der Waals surface area contributed by atoms with Crippen LogP contribution in [0.2, 0.25) is 0 Å². The van der Waals surface area contributed by atoms with Crippen LogP contribution in [-0.2, 0) is 35.4 Å². The molecule has 35 heteroatoms. The minimum Gasteiger partial charge on any atom is -0.369 e. The monoisotopic (exact) mass is 1660 g/mol. The Morgan fingerprint density at radius 1 is 0.390 bits per heavy atom. The van der Waals surface area contributed by atoms with Gasteiger partial charge in [-0.05, 0) is 207 Å². The molecule has 0 radical (unpaired) electrons. The first kappa shape index (κ1) is 82.3. The Morgan fingerprint density at radius 2 is 0.771 bits per heavy atom. The van der Waals surface area contributed by atoms with E-state index < -0.39 is 70.7 Å². The van der Waals surface area contributed by atoms with Crippen LogP contribution in [0.25, 0.3) is 33.4 Å². The van der Waals surface area contributed by atoms with Crippen molar-refractivity contribution in [2.24, 2.45) is 0 Å². The number of amides is 6. The maximum Gasteiger partial charge on any atom is 0.416 e. The van der Waals surface area contributed by atoms with Crippen molar-refractivity contribution < 1.29 is 49.0 Å². The fourth-order valence-electron chi connectivity index (χ4n) is 12.6. The summed E-state index contributed by atoms with van der Waals surface area (Å²) in [6.45, 7) is 3.59. The number of halogens is 5. The zero-order chi connectivity index (χ0) is 83.0. The number of aromatic nitrogens is 6. The zero-order valence-electron chi connectivity index (χ0n) is 63.2. The molecule has 6 amide bonds. The lowest BCUT2D eigenvalue weighted by Crippen LogP contribution is -2.20. The molecule has 0 saturated heterocycles. The number of nitrogens with zero attached hydrogens (tertiary/aromatic N) is 6. The van der Waals surface area contributed by atoms with Gasteiger partial charge in [0.15, 0.2) is 0 Å². The van der Waals surface area contributed by atoms with Crippen LogP contribution < -0.4 is 63.8 Å². The van der Waals surface area contributed by atoms with Crippen molar-refractivity contribution in [1.29, 1.82) is 14.3 Å². The lowest BCUT2D eigenvalue weighted by atomic mass is 10.0. The number of hydrogen-bond acceptors (Lipinski definition) is 21. The molecule has 606 valence electrons. The molecule has 0 fully saturated rings. The SMILES string of the molecule is Cc1cc(NC(=O)Nc2cccc(C(F)(F)F)c2)ccc1-c1cnc2nc1NCCCCS(=N)(=O)c1cccc(c1)N2.N=S1(=O)CCCCNc2nc(ncc2-c2ccc(NC(=O)Nc3cccc(F)c3)cc2)Nc2cccc1c2.N=S1(=O)CCCCNc2nc(ncc2-c2ccc(NC(=O)Nc3ccccc3F)cc2)Nc2cccc1c2. The molecule has 0 saturated carbocycles. The number of alkyl halides is 3. The van der Waals surface area contributed by atoms with Gasteiger partial charge in [0.2, 0.25) is 17.8 Å². The smallest absolute Gasteiger partial charge is 0.369 e. The molecule has 3 unspecified atom stereocenters. The number of carbonyl (C=O) groups is 3. The average Bonchev–Trinajstić information content (AvgIpc) is 0.967. The number of rotatable bonds is 9. The van der Waals surface area contributed by atoms with Crippen molar-refractivity contribution >= 4 is 134 Å². The Kier molecular flexibility index (Phi) is 25.7. The number of fused-ring (bicyclic) bond motifs is 12. The van der Waals surface area contributed by atoms with Gasteiger partial charge in [-0.3, -0.25) is 0 Å². The van der Waals surface area contributed by atoms with Crippen LogP contribution in [0.5, 0.6) is 0 Å². The molecule has 6 heterocycles. The quantitative estimate of drug-likeness (QED) is 0.0597. The molecule has 3 atom stereocenters. The molecule has 12 aromatic rings. The molecule has 118 heavy (non-hydrogen) atoms. The van der Waals surface area contributed by atoms with Gasteiger partial charge in [-0.15, -0.1) is 0 Å². The third-order valence-corrected chi connectivity index (χ3v) is 24.2. The summed E-state index contributed by atoms with van der Waals surface area (Å²) in [4.78, 5) is 65.9. The molecule has 0 aliphatic carbocycles. The van der Waals surface area contributed by atoms with Crippen molar-refractivity contribution in [1.82, 2.24) is 29.9 Å². The molecule has 3 aromatic heterocycles. The molecule has 15 N–H and O–H groups in total. The van der Waals surface area contributed by atoms with E-state index in [2.05, 4.69) is 93.7 Å². The number of para-hydroxylation sites is 1. The highest BCUT2D eigenvalue weighted by atomic mass is 32.2. The number of hydrogen-bond donors (Lipinski definition) is 15. The highest BCUT2D eigenvalue weighted by Gasteiger charge is 2.31. The molecule has 27 nitrogen and oxygen atoms in total. The Labute approximate surface area is 677 Å². The van der Waals surface area contributed by atoms with E-state index in [0.29, 0.717) is 135 Å². The van der Waals surface area contributed by atoms with Crippen molar-refractivity contribution in [3.63, 3.8) is 0 Å². The Bertz CT molecular complexity index is 6060. The van der Waals surface area contributed by atoms with Gasteiger partial charge < -0.3 is 63.8 Å². The van der Waals surface area contributed by atoms with Crippen LogP contribution in [0.15, 0.2) is 246 Å². The van der Waals surface area contributed by atoms with Gasteiger partial charge in [0, 0.05) is 132 Å². The predicted octanol–water partition coefficient (Wildman–Crippen LogP) is 20.0. The van der Waals surface area contributed by atoms with Crippen molar-refractivity contribution in [2.75, 3.05) is 101 Å². The fourth-order valence-corrected chi connectivity index (χ4v) is 17.0. The summed E-state index contributed by atoms with van der Waals surface area (Å²) in [7, 11) is -8.68. The second kappa shape index (κ2) is 36.9. The van der Waals surface area contributed by atoms with Crippen LogP contribution in [-0.4, -0.2) is 97.5 Å². The highest BCUT2D eigenvalue weighted by molar-refractivity contribution is 7.93. The molecular formula is C83H80F5N21O6S3. The largest absolute Gasteiger partial charge is 0.416 e. The minimum atomic E-state index is -4.52. The fraction of sp³-hybridized carbons (Fsp3) is 0.169. The number of urea groups is 3. The second-order valence-electron chi connectivity index (χ2n) is 27.4. The van der Waals surface area contributed by atoms with Crippen LogP contribution in [0.4, 0.5) is 123 Å². The topological polar surface area (TPSA) is 396 Å². The van der Waals surface area contributed by atoms with Gasteiger partial charge in [0.25, 0.3) is 0 Å². The van der Waals surface area contributed by atoms with Crippen LogP contribution in [0.1, 0.15) is 49.7 Å². The van der Waals surface area contributed by atoms with Gasteiger partial charge in [0.05, 0.1) is 40.4 Å². The van der Waals surface area contributed by atoms with Crippen LogP contribution in [0, 0.1) is 32.9 Å². The van der Waals surface area contributed by atoms with E-state index in [0.717, 1.165) is 63.9 Å². The number of aryl methyl sites for hydroxylation is 1. The number of carbonyl (C=O) groups excluding carboxylic acids is 3. The Morgan fingerprint density at radius 3 is 1.20 bits per heavy atom. The number of benzene rings is 9. The summed E-state index contributed by atoms with van der Waals surface area (Å²) in [5.74, 6) is 2.79. The molecule has 15 rings (SSSR count). The van der Waals surface area contributed by atoms with E-state index in [-0.39, 0.29) is 28.6 Å². The lowest BCUT2D eigenvalue weighted by molar-refractivity contribution is -0.137.